The number of aliphatic imine (C=N–C) groups is 1. The second-order valence-electron chi connectivity index (χ2n) is 5.94. The molecule has 6 heteroatoms. The highest BCUT2D eigenvalue weighted by molar-refractivity contribution is 7.71. The molecule has 128 valence electrons. The third kappa shape index (κ3) is 2.91. The fourth-order valence-corrected chi connectivity index (χ4v) is 3.17. The number of para-hydroxylation sites is 1. The van der Waals surface area contributed by atoms with Gasteiger partial charge >= 0.3 is 0 Å². The molecule has 1 aliphatic rings. The zero-order valence-corrected chi connectivity index (χ0v) is 14.5. The lowest BCUT2D eigenvalue weighted by Crippen LogP contribution is -2.17. The van der Waals surface area contributed by atoms with E-state index in [4.69, 9.17) is 12.2 Å². The Balaban J connectivity index is 1.82. The van der Waals surface area contributed by atoms with Gasteiger partial charge in [0.05, 0.1) is 12.2 Å². The Morgan fingerprint density at radius 2 is 1.85 bits per heavy atom. The van der Waals surface area contributed by atoms with Gasteiger partial charge in [0.25, 0.3) is 5.56 Å². The molecule has 26 heavy (non-hydrogen) atoms. The maximum absolute atomic E-state index is 12.4. The minimum Gasteiger partial charge on any atom is -0.494 e. The van der Waals surface area contributed by atoms with Gasteiger partial charge in [-0.05, 0) is 29.9 Å². The average Bonchev–Trinajstić information content (AvgIpc) is 3.06. The molecule has 3 aromatic rings. The first kappa shape index (κ1) is 16.2. The third-order valence-electron chi connectivity index (χ3n) is 4.25. The molecule has 0 unspecified atom stereocenters. The van der Waals surface area contributed by atoms with E-state index in [1.807, 2.05) is 54.6 Å². The van der Waals surface area contributed by atoms with Crippen molar-refractivity contribution in [2.75, 3.05) is 0 Å². The van der Waals surface area contributed by atoms with Gasteiger partial charge in [0, 0.05) is 17.4 Å². The summed E-state index contributed by atoms with van der Waals surface area (Å²) < 4.78 is 1.69. The zero-order chi connectivity index (χ0) is 18.1. The van der Waals surface area contributed by atoms with Crippen LogP contribution in [-0.4, -0.2) is 20.9 Å². The topological polar surface area (TPSA) is 70.4 Å². The standard InChI is InChI=1S/C20H15N3O2S/c24-18-16(10-14-11-21-17-9-5-4-8-15(14)17)19(25)23(20(26)22-18)12-13-6-2-1-3-7-13/h1-11,25H,12H2,(H,22,24,26)/b14-10+. The third-order valence-corrected chi connectivity index (χ3v) is 4.57. The first-order valence-electron chi connectivity index (χ1n) is 8.08. The van der Waals surface area contributed by atoms with Gasteiger partial charge in [0.1, 0.15) is 5.56 Å². The molecule has 0 amide bonds. The smallest absolute Gasteiger partial charge is 0.262 e. The number of allylic oxidation sites excluding steroid dienone is 1. The number of hydrogen-bond acceptors (Lipinski definition) is 4. The molecular weight excluding hydrogens is 346 g/mol. The summed E-state index contributed by atoms with van der Waals surface area (Å²) in [4.78, 5) is 19.3. The van der Waals surface area contributed by atoms with E-state index in [0.717, 1.165) is 22.4 Å². The van der Waals surface area contributed by atoms with Crippen molar-refractivity contribution in [3.05, 3.63) is 86.4 Å². The molecule has 2 aromatic carbocycles. The Morgan fingerprint density at radius 3 is 2.65 bits per heavy atom. The van der Waals surface area contributed by atoms with E-state index in [1.54, 1.807) is 12.3 Å². The number of rotatable bonds is 3. The number of aromatic amines is 1. The number of nitrogens with one attached hydrogen (secondary N) is 1. The molecule has 0 saturated carbocycles. The Kier molecular flexibility index (Phi) is 4.10. The lowest BCUT2D eigenvalue weighted by atomic mass is 10.1. The summed E-state index contributed by atoms with van der Waals surface area (Å²) in [5, 5.41) is 10.7. The fraction of sp³-hybridized carbons (Fsp3) is 0.0500. The summed E-state index contributed by atoms with van der Waals surface area (Å²) >= 11 is 5.23. The van der Waals surface area contributed by atoms with Crippen molar-refractivity contribution in [1.82, 2.24) is 9.55 Å². The van der Waals surface area contributed by atoms with Gasteiger partial charge in [0.2, 0.25) is 5.88 Å². The van der Waals surface area contributed by atoms with Crippen LogP contribution in [0.3, 0.4) is 0 Å². The summed E-state index contributed by atoms with van der Waals surface area (Å²) in [5.41, 5.74) is 3.23. The number of fused-ring (bicyclic) bond motifs is 1. The minimum absolute atomic E-state index is 0.159. The molecule has 5 nitrogen and oxygen atoms in total. The van der Waals surface area contributed by atoms with Crippen LogP contribution in [0.15, 0.2) is 64.4 Å². The van der Waals surface area contributed by atoms with E-state index in [0.29, 0.717) is 6.54 Å². The number of aromatic nitrogens is 2. The molecule has 0 bridgehead atoms. The number of aromatic hydroxyl groups is 1. The first-order valence-corrected chi connectivity index (χ1v) is 8.49. The monoisotopic (exact) mass is 361 g/mol. The summed E-state index contributed by atoms with van der Waals surface area (Å²) in [6, 6.07) is 17.3. The van der Waals surface area contributed by atoms with Crippen molar-refractivity contribution < 1.29 is 5.11 Å². The number of nitrogens with zero attached hydrogens (tertiary/aromatic N) is 2. The summed E-state index contributed by atoms with van der Waals surface area (Å²) in [5.74, 6) is -0.159. The van der Waals surface area contributed by atoms with E-state index in [-0.39, 0.29) is 16.2 Å². The van der Waals surface area contributed by atoms with Gasteiger partial charge in [-0.15, -0.1) is 0 Å². The van der Waals surface area contributed by atoms with Crippen LogP contribution in [-0.2, 0) is 6.54 Å². The molecule has 2 N–H and O–H groups in total. The minimum atomic E-state index is -0.429. The maximum Gasteiger partial charge on any atom is 0.262 e. The Morgan fingerprint density at radius 1 is 1.12 bits per heavy atom. The Labute approximate surface area is 154 Å². The summed E-state index contributed by atoms with van der Waals surface area (Å²) in [6.45, 7) is 0.364. The molecule has 0 spiro atoms. The number of hydrogen-bond donors (Lipinski definition) is 2. The maximum atomic E-state index is 12.4. The highest BCUT2D eigenvalue weighted by Gasteiger charge is 2.16. The second-order valence-corrected chi connectivity index (χ2v) is 6.33. The van der Waals surface area contributed by atoms with Crippen LogP contribution in [0, 0.1) is 4.77 Å². The van der Waals surface area contributed by atoms with Crippen LogP contribution in [0.4, 0.5) is 5.69 Å². The van der Waals surface area contributed by atoms with E-state index < -0.39 is 5.56 Å². The van der Waals surface area contributed by atoms with Gasteiger partial charge in [0.15, 0.2) is 4.77 Å². The van der Waals surface area contributed by atoms with Crippen molar-refractivity contribution >= 4 is 35.8 Å². The van der Waals surface area contributed by atoms with Gasteiger partial charge in [-0.25, -0.2) is 0 Å². The predicted octanol–water partition coefficient (Wildman–Crippen LogP) is 3.92. The molecule has 2 heterocycles. The highest BCUT2D eigenvalue weighted by atomic mass is 32.1. The SMILES string of the molecule is O=c1[nH]c(=S)n(Cc2ccccc2)c(O)c1/C=C1\C=Nc2ccccc21. The lowest BCUT2D eigenvalue weighted by Gasteiger charge is -2.11. The van der Waals surface area contributed by atoms with E-state index in [1.165, 1.54) is 4.57 Å². The van der Waals surface area contributed by atoms with Gasteiger partial charge in [-0.3, -0.25) is 19.3 Å². The lowest BCUT2D eigenvalue weighted by molar-refractivity contribution is 0.411. The van der Waals surface area contributed by atoms with Gasteiger partial charge < -0.3 is 5.11 Å². The molecule has 4 rings (SSSR count). The molecule has 0 radical (unpaired) electrons. The van der Waals surface area contributed by atoms with Crippen LogP contribution >= 0.6 is 12.2 Å². The Hall–Kier alpha value is -3.25. The molecule has 1 aromatic heterocycles. The van der Waals surface area contributed by atoms with E-state index in [2.05, 4.69) is 9.98 Å². The summed E-state index contributed by atoms with van der Waals surface area (Å²) in [7, 11) is 0. The normalized spacial score (nSPS) is 13.9. The van der Waals surface area contributed by atoms with Gasteiger partial charge in [-0.2, -0.15) is 0 Å². The largest absolute Gasteiger partial charge is 0.494 e. The van der Waals surface area contributed by atoms with Crippen LogP contribution < -0.4 is 5.56 Å². The van der Waals surface area contributed by atoms with E-state index >= 15 is 0 Å². The van der Waals surface area contributed by atoms with Crippen LogP contribution in [0.2, 0.25) is 0 Å². The quantitative estimate of drug-likeness (QED) is 0.695. The zero-order valence-electron chi connectivity index (χ0n) is 13.7. The molecular formula is C20H15N3O2S. The van der Waals surface area contributed by atoms with Crippen molar-refractivity contribution in [2.45, 2.75) is 6.54 Å². The number of H-pyrrole nitrogens is 1. The summed E-state index contributed by atoms with van der Waals surface area (Å²) in [6.07, 6.45) is 3.33. The highest BCUT2D eigenvalue weighted by Crippen LogP contribution is 2.32. The van der Waals surface area contributed by atoms with Crippen LogP contribution in [0.25, 0.3) is 11.6 Å². The molecule has 0 aliphatic carbocycles. The predicted molar refractivity (Wildman–Crippen MR) is 106 cm³/mol. The second kappa shape index (κ2) is 6.57. The molecule has 0 atom stereocenters. The Bertz CT molecular complexity index is 1160. The van der Waals surface area contributed by atoms with Crippen molar-refractivity contribution in [3.8, 4) is 5.88 Å². The molecule has 1 aliphatic heterocycles. The van der Waals surface area contributed by atoms with Gasteiger partial charge in [-0.1, -0.05) is 48.5 Å². The molecule has 0 saturated heterocycles. The van der Waals surface area contributed by atoms with E-state index in [9.17, 15) is 9.90 Å². The van der Waals surface area contributed by atoms with Crippen molar-refractivity contribution in [1.29, 1.82) is 0 Å². The first-order chi connectivity index (χ1) is 12.6. The number of benzene rings is 2. The van der Waals surface area contributed by atoms with Crippen molar-refractivity contribution in [2.24, 2.45) is 4.99 Å². The van der Waals surface area contributed by atoms with Crippen molar-refractivity contribution in [3.63, 3.8) is 0 Å². The average molecular weight is 361 g/mol. The fourth-order valence-electron chi connectivity index (χ4n) is 2.93. The van der Waals surface area contributed by atoms with Crippen LogP contribution in [0.5, 0.6) is 5.88 Å². The van der Waals surface area contributed by atoms with Crippen LogP contribution in [0.1, 0.15) is 16.7 Å². The molecule has 0 fully saturated rings.